The highest BCUT2D eigenvalue weighted by molar-refractivity contribution is 5.97. The molecule has 304 valence electrons. The van der Waals surface area contributed by atoms with Gasteiger partial charge in [-0.1, -0.05) is 146 Å². The molecule has 0 radical (unpaired) electrons. The van der Waals surface area contributed by atoms with Gasteiger partial charge in [0.05, 0.1) is 5.41 Å². The zero-order chi connectivity index (χ0) is 42.9. The Kier molecular flexibility index (Phi) is 8.40. The fraction of sp³-hybridized carbons (Fsp3) is 0.0164. The summed E-state index contributed by atoms with van der Waals surface area (Å²) in [6.45, 7) is 0. The summed E-state index contributed by atoms with van der Waals surface area (Å²) < 4.78 is 12.3. The molecule has 0 aliphatic heterocycles. The molecular formula is C61H38N2O2. The smallest absolute Gasteiger partial charge is 0.227 e. The Bertz CT molecular complexity index is 3510. The Morgan fingerprint density at radius 3 is 1.23 bits per heavy atom. The predicted octanol–water partition coefficient (Wildman–Crippen LogP) is 15.8. The van der Waals surface area contributed by atoms with Crippen LogP contribution in [0, 0.1) is 0 Å². The number of fused-ring (bicyclic) bond motifs is 6. The van der Waals surface area contributed by atoms with Gasteiger partial charge in [0.15, 0.2) is 11.2 Å². The third-order valence-electron chi connectivity index (χ3n) is 13.2. The quantitative estimate of drug-likeness (QED) is 0.161. The molecule has 0 fully saturated rings. The monoisotopic (exact) mass is 830 g/mol. The van der Waals surface area contributed by atoms with Crippen LogP contribution in [0.3, 0.4) is 0 Å². The molecule has 0 saturated carbocycles. The third kappa shape index (κ3) is 6.06. The first-order valence-electron chi connectivity index (χ1n) is 22.0. The fourth-order valence-corrected chi connectivity index (χ4v) is 10.1. The molecule has 12 aromatic rings. The van der Waals surface area contributed by atoms with Gasteiger partial charge in [0.1, 0.15) is 11.0 Å². The molecule has 0 bridgehead atoms. The van der Waals surface area contributed by atoms with Crippen LogP contribution in [0.1, 0.15) is 22.3 Å². The first-order valence-corrected chi connectivity index (χ1v) is 22.0. The van der Waals surface area contributed by atoms with Crippen LogP contribution in [-0.2, 0) is 5.41 Å². The Morgan fingerprint density at radius 2 is 0.708 bits per heavy atom. The van der Waals surface area contributed by atoms with Crippen LogP contribution in [0.2, 0.25) is 0 Å². The predicted molar refractivity (Wildman–Crippen MR) is 264 cm³/mol. The van der Waals surface area contributed by atoms with Crippen LogP contribution >= 0.6 is 0 Å². The lowest BCUT2D eigenvalue weighted by Gasteiger charge is -2.34. The van der Waals surface area contributed by atoms with Crippen LogP contribution in [0.15, 0.2) is 239 Å². The second kappa shape index (κ2) is 14.8. The molecule has 0 saturated heterocycles. The van der Waals surface area contributed by atoms with Crippen LogP contribution in [0.5, 0.6) is 0 Å². The summed E-state index contributed by atoms with van der Waals surface area (Å²) >= 11 is 0. The maximum absolute atomic E-state index is 6.15. The molecule has 0 unspecified atom stereocenters. The van der Waals surface area contributed by atoms with Gasteiger partial charge in [0.25, 0.3) is 0 Å². The molecular weight excluding hydrogens is 793 g/mol. The van der Waals surface area contributed by atoms with E-state index in [9.17, 15) is 0 Å². The van der Waals surface area contributed by atoms with Gasteiger partial charge >= 0.3 is 0 Å². The van der Waals surface area contributed by atoms with Crippen molar-refractivity contribution in [2.45, 2.75) is 5.41 Å². The van der Waals surface area contributed by atoms with Crippen molar-refractivity contribution < 1.29 is 8.83 Å². The van der Waals surface area contributed by atoms with E-state index in [4.69, 9.17) is 18.8 Å². The minimum absolute atomic E-state index is 0.547. The number of benzene rings is 10. The summed E-state index contributed by atoms with van der Waals surface area (Å²) in [5.74, 6) is 1.22. The van der Waals surface area contributed by atoms with Crippen molar-refractivity contribution in [2.75, 3.05) is 0 Å². The van der Waals surface area contributed by atoms with E-state index in [0.717, 1.165) is 66.7 Å². The lowest BCUT2D eigenvalue weighted by molar-refractivity contribution is 0.619. The first kappa shape index (κ1) is 37.0. The van der Waals surface area contributed by atoms with Gasteiger partial charge in [-0.05, 0) is 162 Å². The minimum atomic E-state index is -0.547. The number of aromatic nitrogens is 2. The summed E-state index contributed by atoms with van der Waals surface area (Å²) in [5, 5.41) is 2.47. The largest absolute Gasteiger partial charge is 0.436 e. The number of nitrogens with zero attached hydrogens (tertiary/aromatic N) is 2. The summed E-state index contributed by atoms with van der Waals surface area (Å²) in [5.41, 5.74) is 18.8. The van der Waals surface area contributed by atoms with E-state index in [2.05, 4.69) is 182 Å². The maximum Gasteiger partial charge on any atom is 0.227 e. The van der Waals surface area contributed by atoms with Crippen molar-refractivity contribution in [1.82, 2.24) is 9.97 Å². The standard InChI is InChI=1S/C61H38N2O2/c1-3-15-49(16-4-1)61(50-17-5-2-6-18-50)53-38-45(31-32-51(53)52-36-43-13-7-8-14-44(43)37-54(52)61)48-34-46(39-23-27-41(28-24-39)59-62-55-19-9-11-21-57(55)64-59)33-47(35-48)40-25-29-42(30-26-40)60-63-56-20-10-12-22-58(56)65-60/h1-38H. The topological polar surface area (TPSA) is 52.1 Å². The SMILES string of the molecule is c1ccc(C2(c3ccccc3)c3cc(-c4cc(-c5ccc(-c6nc7ccccc7o6)cc5)cc(-c5ccc(-c6nc7ccccc7o6)cc5)c4)ccc3-c3cc4ccccc4cc32)cc1. The summed E-state index contributed by atoms with van der Waals surface area (Å²) in [4.78, 5) is 9.54. The number of rotatable bonds is 7. The van der Waals surface area contributed by atoms with E-state index in [1.54, 1.807) is 0 Å². The average Bonchev–Trinajstić information content (AvgIpc) is 4.09. The van der Waals surface area contributed by atoms with E-state index >= 15 is 0 Å². The zero-order valence-corrected chi connectivity index (χ0v) is 35.2. The molecule has 2 heterocycles. The highest BCUT2D eigenvalue weighted by Gasteiger charge is 2.46. The minimum Gasteiger partial charge on any atom is -0.436 e. The van der Waals surface area contributed by atoms with Gasteiger partial charge in [-0.25, -0.2) is 9.97 Å². The van der Waals surface area contributed by atoms with E-state index in [1.807, 2.05) is 48.5 Å². The number of oxazole rings is 2. The maximum atomic E-state index is 6.15. The lowest BCUT2D eigenvalue weighted by atomic mass is 9.67. The molecule has 2 aromatic heterocycles. The van der Waals surface area contributed by atoms with Gasteiger partial charge in [0, 0.05) is 11.1 Å². The zero-order valence-electron chi connectivity index (χ0n) is 35.2. The molecule has 4 heteroatoms. The second-order valence-corrected chi connectivity index (χ2v) is 16.9. The summed E-state index contributed by atoms with van der Waals surface area (Å²) in [7, 11) is 0. The molecule has 0 amide bonds. The molecule has 13 rings (SSSR count). The molecule has 10 aromatic carbocycles. The first-order chi connectivity index (χ1) is 32.2. The van der Waals surface area contributed by atoms with E-state index < -0.39 is 5.41 Å². The van der Waals surface area contributed by atoms with Gasteiger partial charge in [-0.15, -0.1) is 0 Å². The Balaban J connectivity index is 0.989. The molecule has 0 spiro atoms. The van der Waals surface area contributed by atoms with Crippen molar-refractivity contribution in [3.05, 3.63) is 253 Å². The van der Waals surface area contributed by atoms with Crippen molar-refractivity contribution >= 4 is 33.0 Å². The van der Waals surface area contributed by atoms with E-state index in [-0.39, 0.29) is 0 Å². The number of para-hydroxylation sites is 4. The van der Waals surface area contributed by atoms with Crippen molar-refractivity contribution in [3.63, 3.8) is 0 Å². The van der Waals surface area contributed by atoms with Crippen molar-refractivity contribution in [3.8, 4) is 67.4 Å². The molecule has 1 aliphatic carbocycles. The molecule has 0 atom stereocenters. The Morgan fingerprint density at radius 1 is 0.292 bits per heavy atom. The Labute approximate surface area is 375 Å². The van der Waals surface area contributed by atoms with Crippen molar-refractivity contribution in [1.29, 1.82) is 0 Å². The van der Waals surface area contributed by atoms with Crippen LogP contribution in [0.4, 0.5) is 0 Å². The van der Waals surface area contributed by atoms with Gasteiger partial charge < -0.3 is 8.83 Å². The second-order valence-electron chi connectivity index (χ2n) is 16.9. The van der Waals surface area contributed by atoms with Crippen LogP contribution in [0.25, 0.3) is 100 Å². The van der Waals surface area contributed by atoms with Crippen molar-refractivity contribution in [2.24, 2.45) is 0 Å². The van der Waals surface area contributed by atoms with E-state index in [1.165, 1.54) is 44.2 Å². The normalized spacial score (nSPS) is 12.7. The summed E-state index contributed by atoms with van der Waals surface area (Å²) in [6, 6.07) is 82.6. The summed E-state index contributed by atoms with van der Waals surface area (Å²) in [6.07, 6.45) is 0. The highest BCUT2D eigenvalue weighted by atomic mass is 16.4. The van der Waals surface area contributed by atoms with Crippen LogP contribution in [-0.4, -0.2) is 9.97 Å². The molecule has 1 aliphatic rings. The highest BCUT2D eigenvalue weighted by Crippen LogP contribution is 2.57. The molecule has 4 nitrogen and oxygen atoms in total. The molecule has 0 N–H and O–H groups in total. The van der Waals surface area contributed by atoms with Gasteiger partial charge in [-0.3, -0.25) is 0 Å². The molecule has 65 heavy (non-hydrogen) atoms. The third-order valence-corrected chi connectivity index (χ3v) is 13.2. The average molecular weight is 831 g/mol. The van der Waals surface area contributed by atoms with E-state index in [0.29, 0.717) is 11.8 Å². The Hall–Kier alpha value is -8.60. The number of hydrogen-bond acceptors (Lipinski definition) is 4. The van der Waals surface area contributed by atoms with Gasteiger partial charge in [-0.2, -0.15) is 0 Å². The fourth-order valence-electron chi connectivity index (χ4n) is 10.1. The van der Waals surface area contributed by atoms with Crippen LogP contribution < -0.4 is 0 Å². The number of hydrogen-bond donors (Lipinski definition) is 0. The lowest BCUT2D eigenvalue weighted by Crippen LogP contribution is -2.28. The van der Waals surface area contributed by atoms with Gasteiger partial charge in [0.2, 0.25) is 11.8 Å².